The fourth-order valence-electron chi connectivity index (χ4n) is 2.97. The Kier molecular flexibility index (Phi) is 13.2. The Labute approximate surface area is 218 Å². The van der Waals surface area contributed by atoms with Gasteiger partial charge >= 0.3 is 7.48 Å². The first-order valence-electron chi connectivity index (χ1n) is 10.6. The molecule has 0 saturated carbocycles. The maximum atomic E-state index is 12.8. The first kappa shape index (κ1) is 30.6. The fraction of sp³-hybridized carbons (Fsp3) is 0.0714. The largest absolute Gasteiger partial charge is 0.450 e. The van der Waals surface area contributed by atoms with E-state index in [0.29, 0.717) is 11.0 Å². The second kappa shape index (κ2) is 15.5. The number of benzene rings is 4. The van der Waals surface area contributed by atoms with Crippen LogP contribution in [-0.4, -0.2) is 29.5 Å². The Morgan fingerprint density at radius 1 is 0.694 bits per heavy atom. The number of Topliss-reactive ketones (excluding diaryl/α,β-unsaturated/α-hetero) is 2. The van der Waals surface area contributed by atoms with Crippen LogP contribution in [0.2, 0.25) is 0 Å². The van der Waals surface area contributed by atoms with Crippen molar-refractivity contribution in [3.8, 4) is 11.1 Å². The highest BCUT2D eigenvalue weighted by Gasteiger charge is 2.07. The van der Waals surface area contributed by atoms with Crippen molar-refractivity contribution in [2.24, 2.45) is 0 Å². The molecule has 4 aromatic rings. The fourth-order valence-corrected chi connectivity index (χ4v) is 3.53. The molecule has 0 aliphatic carbocycles. The maximum absolute atomic E-state index is 12.8. The lowest BCUT2D eigenvalue weighted by Crippen LogP contribution is -2.11. The van der Waals surface area contributed by atoms with Gasteiger partial charge in [-0.15, -0.1) is 0 Å². The molecule has 3 N–H and O–H groups in total. The van der Waals surface area contributed by atoms with E-state index in [1.807, 2.05) is 36.4 Å². The van der Waals surface area contributed by atoms with E-state index < -0.39 is 0 Å². The number of hydrogen-bond acceptors (Lipinski definition) is 3. The summed E-state index contributed by atoms with van der Waals surface area (Å²) in [5, 5.41) is 8.38. The van der Waals surface area contributed by atoms with E-state index in [1.165, 1.54) is 43.3 Å². The second-order valence-corrected chi connectivity index (χ2v) is 8.18. The normalized spacial score (nSPS) is 9.39. The molecule has 0 heterocycles. The van der Waals surface area contributed by atoms with Crippen molar-refractivity contribution in [3.05, 3.63) is 124 Å². The molecule has 0 aliphatic heterocycles. The summed E-state index contributed by atoms with van der Waals surface area (Å²) in [4.78, 5) is 22.3. The molecular weight excluding hydrogens is 529 g/mol. The summed E-state index contributed by atoms with van der Waals surface area (Å²) in [6.07, 6.45) is 0. The van der Waals surface area contributed by atoms with Gasteiger partial charge in [-0.2, -0.15) is 0 Å². The van der Waals surface area contributed by atoms with Gasteiger partial charge < -0.3 is 10.5 Å². The SMILES string of the molecule is CC(=O)c1ccccc1-c1ccc(F)cc1.CC(=O)c1ccccc1Br.O.O[B]c1ccc(F)cc1. The molecule has 8 heteroatoms. The standard InChI is InChI=1S/C14H11FO.C8H7BrO.C6H5BFO.H2O/c1-10(16)13-4-2-3-5-14(13)11-6-8-12(15)9-7-11;1-6(10)7-4-2-3-5-8(7)9;8-6-3-1-5(7-9)2-4-6;/h2-9H,1H3;2-5H,1H3;1-4,9H;1H2. The van der Waals surface area contributed by atoms with Crippen LogP contribution in [0.4, 0.5) is 8.78 Å². The minimum Gasteiger partial charge on any atom is -0.450 e. The van der Waals surface area contributed by atoms with Crippen LogP contribution >= 0.6 is 15.9 Å². The number of halogens is 3. The van der Waals surface area contributed by atoms with Gasteiger partial charge in [0.05, 0.1) is 0 Å². The van der Waals surface area contributed by atoms with Crippen molar-refractivity contribution in [2.45, 2.75) is 13.8 Å². The first-order chi connectivity index (χ1) is 16.7. The van der Waals surface area contributed by atoms with E-state index >= 15 is 0 Å². The molecule has 0 amide bonds. The van der Waals surface area contributed by atoms with Gasteiger partial charge in [-0.25, -0.2) is 8.78 Å². The van der Waals surface area contributed by atoms with Crippen molar-refractivity contribution in [1.82, 2.24) is 0 Å². The highest BCUT2D eigenvalue weighted by atomic mass is 79.9. The number of ketones is 2. The summed E-state index contributed by atoms with van der Waals surface area (Å²) in [5.41, 5.74) is 3.70. The molecule has 0 fully saturated rings. The van der Waals surface area contributed by atoms with E-state index in [4.69, 9.17) is 5.02 Å². The van der Waals surface area contributed by atoms with Crippen molar-refractivity contribution >= 4 is 40.4 Å². The van der Waals surface area contributed by atoms with Crippen LogP contribution in [-0.2, 0) is 0 Å². The van der Waals surface area contributed by atoms with Crippen LogP contribution in [0.5, 0.6) is 0 Å². The van der Waals surface area contributed by atoms with Gasteiger partial charge in [-0.3, -0.25) is 9.59 Å². The number of carbonyl (C=O) groups excluding carboxylic acids is 2. The zero-order chi connectivity index (χ0) is 25.8. The molecule has 0 unspecified atom stereocenters. The summed E-state index contributed by atoms with van der Waals surface area (Å²) >= 11 is 3.28. The Hall–Kier alpha value is -3.46. The van der Waals surface area contributed by atoms with Gasteiger partial charge in [0.15, 0.2) is 11.6 Å². The van der Waals surface area contributed by atoms with Gasteiger partial charge in [-0.05, 0) is 55.3 Å². The van der Waals surface area contributed by atoms with E-state index in [2.05, 4.69) is 15.9 Å². The zero-order valence-corrected chi connectivity index (χ0v) is 21.3. The van der Waals surface area contributed by atoms with Crippen LogP contribution in [0.1, 0.15) is 34.6 Å². The minimum absolute atomic E-state index is 0. The molecule has 0 atom stereocenters. The molecular formula is C28H25BBrF2O4. The molecule has 185 valence electrons. The van der Waals surface area contributed by atoms with E-state index in [-0.39, 0.29) is 28.7 Å². The lowest BCUT2D eigenvalue weighted by molar-refractivity contribution is 0.100. The number of carbonyl (C=O) groups is 2. The van der Waals surface area contributed by atoms with Crippen molar-refractivity contribution in [2.75, 3.05) is 0 Å². The average Bonchev–Trinajstić information content (AvgIpc) is 2.86. The molecule has 36 heavy (non-hydrogen) atoms. The van der Waals surface area contributed by atoms with Gasteiger partial charge in [-0.1, -0.05) is 88.1 Å². The monoisotopic (exact) mass is 553 g/mol. The molecule has 0 aromatic heterocycles. The predicted molar refractivity (Wildman–Crippen MR) is 144 cm³/mol. The quantitative estimate of drug-likeness (QED) is 0.264. The van der Waals surface area contributed by atoms with Crippen LogP contribution in [0.3, 0.4) is 0 Å². The maximum Gasteiger partial charge on any atom is 0.326 e. The first-order valence-corrected chi connectivity index (χ1v) is 11.4. The van der Waals surface area contributed by atoms with E-state index in [1.54, 1.807) is 31.2 Å². The summed E-state index contributed by atoms with van der Waals surface area (Å²) in [7, 11) is 0.930. The summed E-state index contributed by atoms with van der Waals surface area (Å²) in [5.74, 6) is -0.461. The second-order valence-electron chi connectivity index (χ2n) is 7.33. The number of rotatable bonds is 4. The summed E-state index contributed by atoms with van der Waals surface area (Å²) in [6.45, 7) is 3.09. The predicted octanol–water partition coefficient (Wildman–Crippen LogP) is 5.58. The molecule has 0 spiro atoms. The lowest BCUT2D eigenvalue weighted by atomic mass is 9.89. The van der Waals surface area contributed by atoms with Crippen LogP contribution in [0.25, 0.3) is 11.1 Å². The van der Waals surface area contributed by atoms with E-state index in [9.17, 15) is 18.4 Å². The van der Waals surface area contributed by atoms with Gasteiger partial charge in [0.1, 0.15) is 11.6 Å². The Bertz CT molecular complexity index is 1260. The third-order valence-electron chi connectivity index (χ3n) is 4.73. The van der Waals surface area contributed by atoms with Gasteiger partial charge in [0, 0.05) is 15.6 Å². The van der Waals surface area contributed by atoms with Crippen LogP contribution < -0.4 is 5.46 Å². The van der Waals surface area contributed by atoms with E-state index in [0.717, 1.165) is 28.6 Å². The van der Waals surface area contributed by atoms with Gasteiger partial charge in [0.25, 0.3) is 0 Å². The highest BCUT2D eigenvalue weighted by Crippen LogP contribution is 2.24. The molecule has 0 saturated heterocycles. The molecule has 0 aliphatic rings. The lowest BCUT2D eigenvalue weighted by Gasteiger charge is -2.06. The molecule has 4 aromatic carbocycles. The average molecular weight is 554 g/mol. The molecule has 4 rings (SSSR count). The third kappa shape index (κ3) is 9.66. The molecule has 1 radical (unpaired) electrons. The number of hydrogen-bond donors (Lipinski definition) is 1. The van der Waals surface area contributed by atoms with Crippen LogP contribution in [0.15, 0.2) is 102 Å². The summed E-state index contributed by atoms with van der Waals surface area (Å²) in [6, 6.07) is 26.4. The Morgan fingerprint density at radius 2 is 1.14 bits per heavy atom. The van der Waals surface area contributed by atoms with Crippen LogP contribution in [0, 0.1) is 11.6 Å². The third-order valence-corrected chi connectivity index (χ3v) is 5.43. The van der Waals surface area contributed by atoms with Crippen molar-refractivity contribution in [3.63, 3.8) is 0 Å². The van der Waals surface area contributed by atoms with Crippen molar-refractivity contribution < 1.29 is 28.9 Å². The molecule has 0 bridgehead atoms. The molecule has 4 nitrogen and oxygen atoms in total. The minimum atomic E-state index is -0.291. The zero-order valence-electron chi connectivity index (χ0n) is 19.7. The Balaban J connectivity index is 0.000000282. The Morgan fingerprint density at radius 3 is 1.58 bits per heavy atom. The van der Waals surface area contributed by atoms with Crippen molar-refractivity contribution in [1.29, 1.82) is 0 Å². The highest BCUT2D eigenvalue weighted by molar-refractivity contribution is 9.10. The topological polar surface area (TPSA) is 85.9 Å². The summed E-state index contributed by atoms with van der Waals surface area (Å²) < 4.78 is 25.8. The van der Waals surface area contributed by atoms with Gasteiger partial charge in [0.2, 0.25) is 0 Å². The smallest absolute Gasteiger partial charge is 0.326 e.